The number of H-pyrrole nitrogens is 1. The van der Waals surface area contributed by atoms with Crippen molar-refractivity contribution in [1.82, 2.24) is 15.5 Å². The highest BCUT2D eigenvalue weighted by molar-refractivity contribution is 6.30. The molecule has 6 N–H and O–H groups in total. The number of aliphatic carboxylic acids is 1. The molecule has 10 nitrogen and oxygen atoms in total. The summed E-state index contributed by atoms with van der Waals surface area (Å²) in [6, 6.07) is 14.0. The summed E-state index contributed by atoms with van der Waals surface area (Å²) in [5.41, 5.74) is 4.63. The number of aromatic amines is 1. The number of anilines is 3. The van der Waals surface area contributed by atoms with Crippen molar-refractivity contribution in [2.24, 2.45) is 0 Å². The summed E-state index contributed by atoms with van der Waals surface area (Å²) in [6.07, 6.45) is -3.35. The number of aromatic nitrogens is 2. The minimum atomic E-state index is -5.08. The van der Waals surface area contributed by atoms with Crippen LogP contribution >= 0.6 is 11.6 Å². The zero-order valence-electron chi connectivity index (χ0n) is 19.3. The van der Waals surface area contributed by atoms with Gasteiger partial charge in [0.15, 0.2) is 5.78 Å². The number of ketones is 1. The smallest absolute Gasteiger partial charge is 0.475 e. The lowest BCUT2D eigenvalue weighted by atomic mass is 9.79. The Bertz CT molecular complexity index is 1400. The van der Waals surface area contributed by atoms with Gasteiger partial charge in [0.1, 0.15) is 5.82 Å². The molecular formula is C24H20ClF3N6O4. The standard InChI is InChI=1S/C22H19ClN6O2.C2HF3O2/c23-13-4-6-14(7-5-13)26-22(31)27-15-3-1-2-12(8-15)19-16-9-25-29-21(16)28-17-10-24-11-18(30)20(17)19;3-2(4,5)1(6)7/h1-9,19,24H,10-11H2,(H2,25,28,29)(H2,26,27,31);(H,6,7). The van der Waals surface area contributed by atoms with Crippen LogP contribution in [0.15, 0.2) is 66.0 Å². The van der Waals surface area contributed by atoms with E-state index in [4.69, 9.17) is 21.5 Å². The molecule has 38 heavy (non-hydrogen) atoms. The molecule has 1 unspecified atom stereocenters. The van der Waals surface area contributed by atoms with Gasteiger partial charge in [-0.3, -0.25) is 9.89 Å². The zero-order chi connectivity index (χ0) is 27.4. The quantitative estimate of drug-likeness (QED) is 0.285. The van der Waals surface area contributed by atoms with E-state index in [-0.39, 0.29) is 17.7 Å². The normalized spacial score (nSPS) is 16.3. The summed E-state index contributed by atoms with van der Waals surface area (Å²) in [6.45, 7) is 0.878. The van der Waals surface area contributed by atoms with Crippen LogP contribution in [-0.2, 0) is 9.59 Å². The number of nitrogens with one attached hydrogen (secondary N) is 5. The van der Waals surface area contributed by atoms with E-state index in [1.165, 1.54) is 0 Å². The highest BCUT2D eigenvalue weighted by Gasteiger charge is 2.38. The molecular weight excluding hydrogens is 529 g/mol. The lowest BCUT2D eigenvalue weighted by Crippen LogP contribution is -2.39. The molecule has 2 amide bonds. The third kappa shape index (κ3) is 6.12. The van der Waals surface area contributed by atoms with E-state index in [0.717, 1.165) is 28.2 Å². The number of rotatable bonds is 3. The van der Waals surface area contributed by atoms with E-state index < -0.39 is 12.1 Å². The monoisotopic (exact) mass is 548 g/mol. The molecule has 0 spiro atoms. The Morgan fingerprint density at radius 3 is 2.42 bits per heavy atom. The Morgan fingerprint density at radius 1 is 1.05 bits per heavy atom. The molecule has 2 aromatic carbocycles. The maximum absolute atomic E-state index is 12.8. The second-order valence-corrected chi connectivity index (χ2v) is 8.63. The Hall–Kier alpha value is -4.36. The fourth-order valence-electron chi connectivity index (χ4n) is 4.00. The second-order valence-electron chi connectivity index (χ2n) is 8.19. The van der Waals surface area contributed by atoms with Gasteiger partial charge in [0.25, 0.3) is 0 Å². The van der Waals surface area contributed by atoms with E-state index in [9.17, 15) is 22.8 Å². The molecule has 198 valence electrons. The van der Waals surface area contributed by atoms with Crippen LogP contribution in [0.4, 0.5) is 35.2 Å². The Balaban J connectivity index is 0.000000426. The number of halogens is 4. The van der Waals surface area contributed by atoms with E-state index in [1.807, 2.05) is 24.3 Å². The number of urea groups is 1. The summed E-state index contributed by atoms with van der Waals surface area (Å²) in [4.78, 5) is 34.1. The van der Waals surface area contributed by atoms with E-state index in [2.05, 4.69) is 31.5 Å². The SMILES string of the molecule is O=C(Nc1ccc(Cl)cc1)Nc1cccc(C2C3=C(CNCC3=O)Nc3[nH]ncc32)c1.O=C(O)C(F)(F)F. The van der Waals surface area contributed by atoms with Gasteiger partial charge in [-0.25, -0.2) is 9.59 Å². The molecule has 3 heterocycles. The Labute approximate surface area is 218 Å². The second kappa shape index (κ2) is 10.9. The molecule has 3 aromatic rings. The summed E-state index contributed by atoms with van der Waals surface area (Å²) >= 11 is 5.88. The maximum atomic E-state index is 12.8. The van der Waals surface area contributed by atoms with Crippen molar-refractivity contribution >= 4 is 46.6 Å². The molecule has 0 bridgehead atoms. The van der Waals surface area contributed by atoms with Crippen LogP contribution in [-0.4, -0.2) is 52.4 Å². The minimum Gasteiger partial charge on any atom is -0.475 e. The molecule has 1 aromatic heterocycles. The van der Waals surface area contributed by atoms with Gasteiger partial charge >= 0.3 is 18.2 Å². The minimum absolute atomic E-state index is 0.0458. The highest BCUT2D eigenvalue weighted by Crippen LogP contribution is 2.42. The first-order chi connectivity index (χ1) is 18.0. The van der Waals surface area contributed by atoms with Crippen molar-refractivity contribution in [3.05, 3.63) is 82.1 Å². The molecule has 1 atom stereocenters. The molecule has 14 heteroatoms. The number of carboxylic acids is 1. The van der Waals surface area contributed by atoms with E-state index in [0.29, 0.717) is 29.5 Å². The first-order valence-electron chi connectivity index (χ1n) is 11.0. The average molecular weight is 549 g/mol. The fourth-order valence-corrected chi connectivity index (χ4v) is 4.12. The summed E-state index contributed by atoms with van der Waals surface area (Å²) in [5, 5.41) is 26.9. The van der Waals surface area contributed by atoms with E-state index >= 15 is 0 Å². The Morgan fingerprint density at radius 2 is 1.74 bits per heavy atom. The summed E-state index contributed by atoms with van der Waals surface area (Å²) < 4.78 is 31.7. The van der Waals surface area contributed by atoms with Crippen molar-refractivity contribution in [3.8, 4) is 0 Å². The van der Waals surface area contributed by atoms with Gasteiger partial charge in [0, 0.05) is 45.7 Å². The van der Waals surface area contributed by atoms with Crippen molar-refractivity contribution in [2.45, 2.75) is 12.1 Å². The largest absolute Gasteiger partial charge is 0.490 e. The number of alkyl halides is 3. The number of carbonyl (C=O) groups excluding carboxylic acids is 2. The maximum Gasteiger partial charge on any atom is 0.490 e. The third-order valence-electron chi connectivity index (χ3n) is 5.58. The number of nitrogens with zero attached hydrogens (tertiary/aromatic N) is 1. The average Bonchev–Trinajstić information content (AvgIpc) is 3.32. The van der Waals surface area contributed by atoms with Crippen molar-refractivity contribution in [3.63, 3.8) is 0 Å². The first-order valence-corrected chi connectivity index (χ1v) is 11.4. The van der Waals surface area contributed by atoms with Crippen LogP contribution in [0.25, 0.3) is 0 Å². The molecule has 0 radical (unpaired) electrons. The van der Waals surface area contributed by atoms with E-state index in [1.54, 1.807) is 30.5 Å². The van der Waals surface area contributed by atoms with Gasteiger partial charge in [-0.05, 0) is 42.0 Å². The van der Waals surface area contributed by atoms with Crippen LogP contribution in [0.5, 0.6) is 0 Å². The van der Waals surface area contributed by atoms with Gasteiger partial charge in [-0.2, -0.15) is 18.3 Å². The molecule has 0 saturated heterocycles. The van der Waals surface area contributed by atoms with Crippen LogP contribution in [0, 0.1) is 0 Å². The first kappa shape index (κ1) is 26.7. The lowest BCUT2D eigenvalue weighted by molar-refractivity contribution is -0.192. The fraction of sp³-hybridized carbons (Fsp3) is 0.167. The number of Topliss-reactive ketones (excluding diaryl/α,β-unsaturated/α-hetero) is 1. The third-order valence-corrected chi connectivity index (χ3v) is 5.83. The molecule has 0 fully saturated rings. The number of fused-ring (bicyclic) bond motifs is 1. The summed E-state index contributed by atoms with van der Waals surface area (Å²) in [5.74, 6) is -2.20. The molecule has 0 aliphatic carbocycles. The number of carbonyl (C=O) groups is 3. The Kier molecular flexibility index (Phi) is 7.69. The lowest BCUT2D eigenvalue weighted by Gasteiger charge is -2.32. The van der Waals surface area contributed by atoms with Crippen LogP contribution in [0.1, 0.15) is 17.0 Å². The van der Waals surface area contributed by atoms with Gasteiger partial charge in [0.2, 0.25) is 0 Å². The van der Waals surface area contributed by atoms with Gasteiger partial charge in [-0.15, -0.1) is 0 Å². The number of amides is 2. The number of carboxylic acid groups (broad SMARTS) is 1. The number of benzene rings is 2. The van der Waals surface area contributed by atoms with Crippen molar-refractivity contribution in [1.29, 1.82) is 0 Å². The van der Waals surface area contributed by atoms with Gasteiger partial charge in [0.05, 0.1) is 12.7 Å². The van der Waals surface area contributed by atoms with Gasteiger partial charge in [-0.1, -0.05) is 23.7 Å². The van der Waals surface area contributed by atoms with Crippen LogP contribution < -0.4 is 21.3 Å². The number of hydrogen-bond acceptors (Lipinski definition) is 6. The molecule has 5 rings (SSSR count). The topological polar surface area (TPSA) is 148 Å². The van der Waals surface area contributed by atoms with Crippen LogP contribution in [0.3, 0.4) is 0 Å². The zero-order valence-corrected chi connectivity index (χ0v) is 20.1. The predicted octanol–water partition coefficient (Wildman–Crippen LogP) is 4.32. The summed E-state index contributed by atoms with van der Waals surface area (Å²) in [7, 11) is 0. The number of hydrogen-bond donors (Lipinski definition) is 6. The molecule has 2 aliphatic heterocycles. The van der Waals surface area contributed by atoms with Crippen LogP contribution in [0.2, 0.25) is 5.02 Å². The highest BCUT2D eigenvalue weighted by atomic mass is 35.5. The van der Waals surface area contributed by atoms with Crippen molar-refractivity contribution < 1.29 is 32.7 Å². The predicted molar refractivity (Wildman–Crippen MR) is 133 cm³/mol. The molecule has 2 aliphatic rings. The van der Waals surface area contributed by atoms with Gasteiger partial charge < -0.3 is 26.4 Å². The van der Waals surface area contributed by atoms with Crippen molar-refractivity contribution in [2.75, 3.05) is 29.0 Å². The molecule has 0 saturated carbocycles.